The molecule has 0 spiro atoms. The molecule has 1 aliphatic carbocycles. The quantitative estimate of drug-likeness (QED) is 0.762. The third-order valence-corrected chi connectivity index (χ3v) is 3.40. The molecule has 88 valence electrons. The Morgan fingerprint density at radius 2 is 2.28 bits per heavy atom. The van der Waals surface area contributed by atoms with Crippen LogP contribution in [-0.4, -0.2) is 9.55 Å². The van der Waals surface area contributed by atoms with Gasteiger partial charge in [-0.3, -0.25) is 0 Å². The van der Waals surface area contributed by atoms with Gasteiger partial charge in [0.15, 0.2) is 0 Å². The number of nitrogens with zero attached hydrogens (tertiary/aromatic N) is 3. The summed E-state index contributed by atoms with van der Waals surface area (Å²) in [6.07, 6.45) is 11.1. The molecule has 1 unspecified atom stereocenters. The second-order valence-electron chi connectivity index (χ2n) is 4.52. The van der Waals surface area contributed by atoms with Crippen LogP contribution in [0.5, 0.6) is 0 Å². The molecule has 3 nitrogen and oxygen atoms in total. The molecular weight excluding hydrogens is 222 g/mol. The highest BCUT2D eigenvalue weighted by Gasteiger charge is 2.17. The predicted molar refractivity (Wildman–Crippen MR) is 71.1 cm³/mol. The number of imidazole rings is 1. The molecule has 1 aliphatic rings. The smallest absolute Gasteiger partial charge is 0.102 e. The zero-order chi connectivity index (χ0) is 12.5. The van der Waals surface area contributed by atoms with Crippen LogP contribution >= 0.6 is 0 Å². The fourth-order valence-electron chi connectivity index (χ4n) is 2.50. The van der Waals surface area contributed by atoms with E-state index in [1.807, 2.05) is 35.9 Å². The molecule has 1 heterocycles. The van der Waals surface area contributed by atoms with Gasteiger partial charge in [-0.15, -0.1) is 0 Å². The number of fused-ring (bicyclic) bond motifs is 1. The Bertz CT molecular complexity index is 698. The van der Waals surface area contributed by atoms with Crippen LogP contribution in [0.1, 0.15) is 23.5 Å². The lowest BCUT2D eigenvalue weighted by atomic mass is 9.89. The second kappa shape index (κ2) is 4.15. The number of rotatable bonds is 1. The van der Waals surface area contributed by atoms with Gasteiger partial charge in [0, 0.05) is 13.0 Å². The van der Waals surface area contributed by atoms with Gasteiger partial charge >= 0.3 is 0 Å². The second-order valence-corrected chi connectivity index (χ2v) is 4.52. The molecule has 1 atom stereocenters. The summed E-state index contributed by atoms with van der Waals surface area (Å²) in [5, 5.41) is 9.46. The summed E-state index contributed by atoms with van der Waals surface area (Å²) in [4.78, 5) is 4.29. The maximum atomic E-state index is 9.46. The molecule has 0 bridgehead atoms. The largest absolute Gasteiger partial charge is 0.333 e. The molecular formula is C15H13N3. The van der Waals surface area contributed by atoms with Crippen molar-refractivity contribution in [2.75, 3.05) is 0 Å². The van der Waals surface area contributed by atoms with Crippen molar-refractivity contribution in [3.05, 3.63) is 53.9 Å². The zero-order valence-corrected chi connectivity index (χ0v) is 10.2. The summed E-state index contributed by atoms with van der Waals surface area (Å²) in [7, 11) is 1.93. The minimum atomic E-state index is 0.295. The zero-order valence-electron chi connectivity index (χ0n) is 10.2. The van der Waals surface area contributed by atoms with Gasteiger partial charge in [0.1, 0.15) is 6.07 Å². The lowest BCUT2D eigenvalue weighted by Crippen LogP contribution is -2.01. The van der Waals surface area contributed by atoms with E-state index in [9.17, 15) is 5.26 Å². The first-order valence-corrected chi connectivity index (χ1v) is 5.98. The first kappa shape index (κ1) is 10.8. The van der Waals surface area contributed by atoms with Crippen LogP contribution in [0.3, 0.4) is 0 Å². The summed E-state index contributed by atoms with van der Waals surface area (Å²) in [5.74, 6) is 0.295. The maximum absolute atomic E-state index is 9.46. The molecule has 0 radical (unpaired) electrons. The third-order valence-electron chi connectivity index (χ3n) is 3.40. The van der Waals surface area contributed by atoms with E-state index in [1.54, 1.807) is 6.33 Å². The van der Waals surface area contributed by atoms with E-state index >= 15 is 0 Å². The van der Waals surface area contributed by atoms with Crippen LogP contribution in [0, 0.1) is 11.3 Å². The lowest BCUT2D eigenvalue weighted by molar-refractivity contribution is 0.849. The van der Waals surface area contributed by atoms with Crippen LogP contribution in [-0.2, 0) is 7.05 Å². The number of aryl methyl sites for hydroxylation is 1. The van der Waals surface area contributed by atoms with Crippen molar-refractivity contribution in [1.29, 1.82) is 5.26 Å². The van der Waals surface area contributed by atoms with Crippen molar-refractivity contribution in [2.45, 2.75) is 12.3 Å². The highest BCUT2D eigenvalue weighted by Crippen LogP contribution is 2.31. The first-order chi connectivity index (χ1) is 8.81. The van der Waals surface area contributed by atoms with Crippen LogP contribution < -0.4 is 0 Å². The van der Waals surface area contributed by atoms with Crippen LogP contribution in [0.4, 0.5) is 0 Å². The average molecular weight is 235 g/mol. The number of nitriles is 1. The highest BCUT2D eigenvalue weighted by atomic mass is 15.0. The summed E-state index contributed by atoms with van der Waals surface area (Å²) in [6, 6.07) is 6.37. The van der Waals surface area contributed by atoms with Crippen molar-refractivity contribution in [3.8, 4) is 6.07 Å². The Balaban J connectivity index is 2.24. The minimum Gasteiger partial charge on any atom is -0.333 e. The molecule has 3 rings (SSSR count). The Morgan fingerprint density at radius 3 is 3.00 bits per heavy atom. The van der Waals surface area contributed by atoms with E-state index in [4.69, 9.17) is 0 Å². The molecule has 1 aromatic carbocycles. The van der Waals surface area contributed by atoms with E-state index in [2.05, 4.69) is 23.2 Å². The van der Waals surface area contributed by atoms with Crippen LogP contribution in [0.2, 0.25) is 0 Å². The topological polar surface area (TPSA) is 41.6 Å². The Kier molecular flexibility index (Phi) is 2.49. The SMILES string of the molecule is Cn1cnc2ccc(C3C=CC=CC3)c(C#N)c21. The van der Waals surface area contributed by atoms with E-state index in [-0.39, 0.29) is 0 Å². The molecule has 2 aromatic rings. The highest BCUT2D eigenvalue weighted by molar-refractivity contribution is 5.83. The number of benzene rings is 1. The third kappa shape index (κ3) is 1.54. The maximum Gasteiger partial charge on any atom is 0.102 e. The summed E-state index contributed by atoms with van der Waals surface area (Å²) >= 11 is 0. The van der Waals surface area contributed by atoms with Crippen LogP contribution in [0.15, 0.2) is 42.8 Å². The van der Waals surface area contributed by atoms with E-state index < -0.39 is 0 Å². The molecule has 0 saturated heterocycles. The molecule has 0 N–H and O–H groups in total. The Hall–Kier alpha value is -2.34. The van der Waals surface area contributed by atoms with Gasteiger partial charge in [-0.25, -0.2) is 4.98 Å². The van der Waals surface area contributed by atoms with Gasteiger partial charge in [0.25, 0.3) is 0 Å². The van der Waals surface area contributed by atoms with Gasteiger partial charge in [-0.1, -0.05) is 30.4 Å². The summed E-state index contributed by atoms with van der Waals surface area (Å²) in [5.41, 5.74) is 3.65. The van der Waals surface area contributed by atoms with Gasteiger partial charge in [0.05, 0.1) is 22.9 Å². The van der Waals surface area contributed by atoms with Gasteiger partial charge in [0.2, 0.25) is 0 Å². The van der Waals surface area contributed by atoms with E-state index in [1.165, 1.54) is 0 Å². The normalized spacial score (nSPS) is 18.1. The molecule has 3 heteroatoms. The fourth-order valence-corrected chi connectivity index (χ4v) is 2.50. The van der Waals surface area contributed by atoms with Crippen molar-refractivity contribution >= 4 is 11.0 Å². The summed E-state index contributed by atoms with van der Waals surface area (Å²) < 4.78 is 1.92. The molecule has 0 amide bonds. The van der Waals surface area contributed by atoms with Crippen molar-refractivity contribution in [1.82, 2.24) is 9.55 Å². The summed E-state index contributed by atoms with van der Waals surface area (Å²) in [6.45, 7) is 0. The number of hydrogen-bond acceptors (Lipinski definition) is 2. The number of allylic oxidation sites excluding steroid dienone is 4. The van der Waals surface area contributed by atoms with E-state index in [0.717, 1.165) is 28.6 Å². The molecule has 18 heavy (non-hydrogen) atoms. The van der Waals surface area contributed by atoms with Crippen molar-refractivity contribution in [2.24, 2.45) is 7.05 Å². The van der Waals surface area contributed by atoms with Crippen LogP contribution in [0.25, 0.3) is 11.0 Å². The monoisotopic (exact) mass is 235 g/mol. The average Bonchev–Trinajstić information content (AvgIpc) is 2.81. The van der Waals surface area contributed by atoms with Crippen molar-refractivity contribution < 1.29 is 0 Å². The standard InChI is InChI=1S/C15H13N3/c1-18-10-17-14-8-7-12(13(9-16)15(14)18)11-5-3-2-4-6-11/h2-5,7-8,10-11H,6H2,1H3. The lowest BCUT2D eigenvalue weighted by Gasteiger charge is -2.15. The predicted octanol–water partition coefficient (Wildman–Crippen LogP) is 3.04. The van der Waals surface area contributed by atoms with Gasteiger partial charge in [-0.2, -0.15) is 5.26 Å². The minimum absolute atomic E-state index is 0.295. The fraction of sp³-hybridized carbons (Fsp3) is 0.200. The first-order valence-electron chi connectivity index (χ1n) is 5.98. The van der Waals surface area contributed by atoms with E-state index in [0.29, 0.717) is 5.92 Å². The van der Waals surface area contributed by atoms with Crippen molar-refractivity contribution in [3.63, 3.8) is 0 Å². The number of hydrogen-bond donors (Lipinski definition) is 0. The molecule has 0 aliphatic heterocycles. The Labute approximate surface area is 106 Å². The Morgan fingerprint density at radius 1 is 1.39 bits per heavy atom. The van der Waals surface area contributed by atoms with Gasteiger partial charge < -0.3 is 4.57 Å². The molecule has 0 fully saturated rings. The van der Waals surface area contributed by atoms with Gasteiger partial charge in [-0.05, 0) is 18.1 Å². The number of aromatic nitrogens is 2. The molecule has 0 saturated carbocycles. The molecule has 1 aromatic heterocycles.